The van der Waals surface area contributed by atoms with E-state index in [1.165, 1.54) is 78.7 Å². The van der Waals surface area contributed by atoms with Crippen LogP contribution in [0.3, 0.4) is 0 Å². The molecule has 12 heterocycles. The molecule has 40 heteroatoms. The molecule has 0 bridgehead atoms. The topological polar surface area (TPSA) is 457 Å². The van der Waals surface area contributed by atoms with Crippen LogP contribution in [0.15, 0.2) is 287 Å². The number of nitrogens with one attached hydrogen (secondary N) is 8. The van der Waals surface area contributed by atoms with Crippen LogP contribution in [0.5, 0.6) is 0 Å². The number of nitrogens with zero attached hydrogens (tertiary/aromatic N) is 4. The zero-order valence-corrected chi connectivity index (χ0v) is 79.9. The first kappa shape index (κ1) is 96.5. The summed E-state index contributed by atoms with van der Waals surface area (Å²) in [6.45, 7) is 8.68. The lowest BCUT2D eigenvalue weighted by Gasteiger charge is -2.15. The lowest BCUT2D eigenvalue weighted by atomic mass is 10.0. The first-order chi connectivity index (χ1) is 68.2. The highest BCUT2D eigenvalue weighted by atomic mass is 32.2. The lowest BCUT2D eigenvalue weighted by Crippen LogP contribution is -2.37. The Hall–Kier alpha value is -16.7. The van der Waals surface area contributed by atoms with Crippen molar-refractivity contribution < 1.29 is 88.1 Å². The number of pyridine rings is 4. The number of halogens is 4. The largest absolute Gasteiger partial charge is 0.464 e. The molecule has 1 saturated carbocycles. The van der Waals surface area contributed by atoms with Gasteiger partial charge in [-0.25, -0.2) is 70.1 Å². The van der Waals surface area contributed by atoms with Crippen LogP contribution < -0.4 is 41.1 Å². The van der Waals surface area contributed by atoms with Gasteiger partial charge >= 0.3 is 0 Å². The second-order valence-corrected chi connectivity index (χ2v) is 42.2. The van der Waals surface area contributed by atoms with Crippen molar-refractivity contribution in [2.45, 2.75) is 84.1 Å². The Labute approximate surface area is 808 Å². The number of aromatic nitrogens is 8. The van der Waals surface area contributed by atoms with Gasteiger partial charge in [0, 0.05) is 92.8 Å². The van der Waals surface area contributed by atoms with Gasteiger partial charge in [-0.05, 0) is 227 Å². The quantitative estimate of drug-likeness (QED) is 0.0292. The van der Waals surface area contributed by atoms with Crippen molar-refractivity contribution in [3.8, 4) is 44.5 Å². The minimum Gasteiger partial charge on any atom is -0.464 e. The Bertz CT molecular complexity index is 9150. The van der Waals surface area contributed by atoms with Gasteiger partial charge in [0.25, 0.3) is 45.9 Å². The molecule has 8 N–H and O–H groups in total. The predicted molar refractivity (Wildman–Crippen MR) is 533 cm³/mol. The minimum absolute atomic E-state index is 0.0595. The van der Waals surface area contributed by atoms with Gasteiger partial charge in [-0.1, -0.05) is 48.0 Å². The van der Waals surface area contributed by atoms with E-state index in [1.54, 1.807) is 100 Å². The SMILES string of the molecule is CC(C)S(=O)(=O)NC(=O)c1c(-c2ccc[nH]c2=O)c2c3occc3ccc2n1Cc1cc(F)ccc1F.Cc1ccc(Cn2c(C(=O)NS(C)(=O)=O)c(-c3ccc[nH]c3=O)c3c4occc4ccc32)c(C)c1.Cc1ccccc1Cn1c(C(=O)NS(C)(=O)=O)c(-c2ccc[nH]c2=O)c2c3occc3ccc21.O=C(NS(=O)(=O)C1CC1)c1c(-c2ccc[nH]c2=O)c2c3occc3ccc2n1Cc1cc(F)ccc1F. The van der Waals surface area contributed by atoms with Gasteiger partial charge in [-0.2, -0.15) is 0 Å². The summed E-state index contributed by atoms with van der Waals surface area (Å²) in [5, 5.41) is 3.15. The van der Waals surface area contributed by atoms with Crippen LogP contribution in [0.2, 0.25) is 0 Å². The molecule has 0 saturated heterocycles. The number of fused-ring (bicyclic) bond motifs is 12. The maximum atomic E-state index is 14.7. The summed E-state index contributed by atoms with van der Waals surface area (Å²) in [7, 11) is -15.8. The number of hydrogen-bond acceptors (Lipinski definition) is 20. The Morgan fingerprint density at radius 2 is 0.678 bits per heavy atom. The smallest absolute Gasteiger partial charge is 0.282 e. The Kier molecular flexibility index (Phi) is 25.7. The van der Waals surface area contributed by atoms with Crippen molar-refractivity contribution in [2.24, 2.45) is 0 Å². The zero-order valence-electron chi connectivity index (χ0n) is 76.7. The molecule has 0 atom stereocenters. The normalized spacial score (nSPS) is 12.4. The summed E-state index contributed by atoms with van der Waals surface area (Å²) in [6.07, 6.45) is 14.5. The fourth-order valence-electron chi connectivity index (χ4n) is 17.8. The van der Waals surface area contributed by atoms with E-state index in [4.69, 9.17) is 17.7 Å². The highest BCUT2D eigenvalue weighted by Gasteiger charge is 2.40. The molecule has 32 nitrogen and oxygen atoms in total. The molecule has 8 aromatic carbocycles. The molecule has 1 aliphatic rings. The fourth-order valence-corrected chi connectivity index (χ4v) is 20.5. The maximum absolute atomic E-state index is 14.7. The summed E-state index contributed by atoms with van der Waals surface area (Å²) in [4.78, 5) is 116. The zero-order chi connectivity index (χ0) is 101. The summed E-state index contributed by atoms with van der Waals surface area (Å²) in [5.74, 6) is -6.46. The minimum atomic E-state index is -4.08. The van der Waals surface area contributed by atoms with Gasteiger partial charge in [0.05, 0.1) is 127 Å². The van der Waals surface area contributed by atoms with Crippen molar-refractivity contribution in [2.75, 3.05) is 12.5 Å². The number of furan rings is 4. The number of benzene rings is 8. The van der Waals surface area contributed by atoms with E-state index in [0.29, 0.717) is 101 Å². The average molecular weight is 2010 g/mol. The molecule has 4 amide bonds. The standard InChI is InChI=1S/C26H19F2N3O5S.C26H21F2N3O5S.C26H23N3O5S.C25H21N3O5S/c27-16-4-7-19(28)15(12-16)13-31-20-8-3-14-9-11-36-24(14)22(20)21(18-2-1-10-29-25(18)32)23(31)26(33)30-37(34,35)17-5-6-17;1-14(2)37(34,35)30-26(33)23-21(18-4-3-10-29-25(18)32)22-20(8-5-15-9-11-36-24(15)22)31(23)13-16-12-17(27)6-7-19(16)28;1-15-6-7-18(16(2)13-15)14-29-20-9-8-17-10-12-34-24(17)22(20)21(19-5-4-11-27-25(19)30)23(29)26(31)28-35(3,32)33;1-15-6-3-4-7-17(15)14-28-19-10-9-16-11-13-33-23(16)21(19)20(18-8-5-12-26-24(18)29)22(28)25(30)27-34(2,31)32/h1-4,7-12,17H,5-6,13H2,(H,29,32)(H,30,33);3-12,14H,13H2,1-2H3,(H,29,32)(H,30,33);4-13H,14H2,1-3H3,(H,27,30)(H,28,31);3-13H,14H2,1-2H3,(H,26,29)(H,27,30). The molecule has 1 fully saturated rings. The molecular formula is C103H84F4N12O20S4. The van der Waals surface area contributed by atoms with Crippen LogP contribution >= 0.6 is 0 Å². The van der Waals surface area contributed by atoms with E-state index >= 15 is 0 Å². The van der Waals surface area contributed by atoms with Gasteiger partial charge in [0.2, 0.25) is 40.1 Å². The van der Waals surface area contributed by atoms with Crippen molar-refractivity contribution in [1.29, 1.82) is 0 Å². The third kappa shape index (κ3) is 19.0. The summed E-state index contributed by atoms with van der Waals surface area (Å²) >= 11 is 0. The molecule has 728 valence electrons. The van der Waals surface area contributed by atoms with E-state index in [9.17, 15) is 89.6 Å². The number of carbonyl (C=O) groups excluding carboxylic acids is 4. The maximum Gasteiger partial charge on any atom is 0.282 e. The van der Waals surface area contributed by atoms with Crippen molar-refractivity contribution in [1.82, 2.24) is 57.1 Å². The van der Waals surface area contributed by atoms with Crippen LogP contribution in [0.4, 0.5) is 17.6 Å². The third-order valence-electron chi connectivity index (χ3n) is 24.5. The molecule has 0 unspecified atom stereocenters. The number of aromatic amines is 4. The van der Waals surface area contributed by atoms with Crippen LogP contribution in [0.1, 0.15) is 108 Å². The van der Waals surface area contributed by atoms with E-state index < -0.39 is 120 Å². The summed E-state index contributed by atoms with van der Waals surface area (Å²) < 4.78 is 194. The third-order valence-corrected chi connectivity index (χ3v) is 29.1. The van der Waals surface area contributed by atoms with E-state index in [2.05, 4.69) is 38.8 Å². The monoisotopic (exact) mass is 2010 g/mol. The van der Waals surface area contributed by atoms with Crippen molar-refractivity contribution in [3.05, 3.63) is 376 Å². The number of sulfonamides is 4. The molecule has 0 spiro atoms. The van der Waals surface area contributed by atoms with Crippen molar-refractivity contribution in [3.63, 3.8) is 0 Å². The van der Waals surface area contributed by atoms with Crippen molar-refractivity contribution >= 4 is 151 Å². The molecule has 21 rings (SSSR count). The van der Waals surface area contributed by atoms with Gasteiger partial charge in [0.15, 0.2) is 0 Å². The van der Waals surface area contributed by atoms with Gasteiger partial charge < -0.3 is 55.9 Å². The van der Waals surface area contributed by atoms with Gasteiger partial charge in [-0.15, -0.1) is 0 Å². The van der Waals surface area contributed by atoms with Crippen LogP contribution in [-0.4, -0.2) is 119 Å². The molecule has 0 radical (unpaired) electrons. The van der Waals surface area contributed by atoms with Crippen LogP contribution in [0, 0.1) is 44.0 Å². The highest BCUT2D eigenvalue weighted by molar-refractivity contribution is 7.91. The van der Waals surface area contributed by atoms with Crippen LogP contribution in [0.25, 0.3) is 132 Å². The molecule has 1 aliphatic carbocycles. The average Bonchev–Trinajstić information content (AvgIpc) is 1.58. The van der Waals surface area contributed by atoms with Gasteiger partial charge in [-0.3, -0.25) is 38.4 Å². The highest BCUT2D eigenvalue weighted by Crippen LogP contribution is 2.46. The molecular weight excluding hydrogens is 1930 g/mol. The Morgan fingerprint density at radius 3 is 0.986 bits per heavy atom. The van der Waals surface area contributed by atoms with Crippen LogP contribution in [-0.2, 0) is 66.3 Å². The van der Waals surface area contributed by atoms with E-state index in [0.717, 1.165) is 87.5 Å². The van der Waals surface area contributed by atoms with Gasteiger partial charge in [0.1, 0.15) is 68.4 Å². The number of rotatable bonds is 22. The second-order valence-electron chi connectivity index (χ2n) is 34.5. The molecule has 12 aromatic heterocycles. The summed E-state index contributed by atoms with van der Waals surface area (Å²) in [6, 6.07) is 53.4. The number of carbonyl (C=O) groups is 4. The predicted octanol–water partition coefficient (Wildman–Crippen LogP) is 16.7. The van der Waals surface area contributed by atoms with E-state index in [1.807, 2.05) is 87.5 Å². The number of hydrogen-bond donors (Lipinski definition) is 8. The number of aryl methyl sites for hydroxylation is 3. The summed E-state index contributed by atoms with van der Waals surface area (Å²) in [5.41, 5.74) is 7.93. The van der Waals surface area contributed by atoms with E-state index in [-0.39, 0.29) is 93.5 Å². The number of amides is 4. The Morgan fingerprint density at radius 1 is 0.364 bits per heavy atom. The Balaban J connectivity index is 0.000000126. The molecule has 20 aromatic rings. The fraction of sp³-hybridized carbons (Fsp3) is 0.146. The molecule has 0 aliphatic heterocycles. The number of H-pyrrole nitrogens is 4. The lowest BCUT2D eigenvalue weighted by molar-refractivity contribution is 0.0964. The second kappa shape index (κ2) is 38.1. The molecule has 143 heavy (non-hydrogen) atoms. The first-order valence-electron chi connectivity index (χ1n) is 44.2. The first-order valence-corrected chi connectivity index (χ1v) is 51.0.